The van der Waals surface area contributed by atoms with Gasteiger partial charge in [-0.25, -0.2) is 14.0 Å². The number of ether oxygens (including phenoxy) is 3. The van der Waals surface area contributed by atoms with Crippen molar-refractivity contribution < 1.29 is 37.0 Å². The molecule has 2 fully saturated rings. The third-order valence-electron chi connectivity index (χ3n) is 8.60. The Labute approximate surface area is 288 Å². The molecule has 1 amide bonds. The molecular formula is C37H46F2N2O7Si. The van der Waals surface area contributed by atoms with E-state index < -0.39 is 52.1 Å². The summed E-state index contributed by atoms with van der Waals surface area (Å²) in [6.07, 6.45) is 2.71. The van der Waals surface area contributed by atoms with E-state index in [1.807, 2.05) is 19.9 Å². The molecule has 1 aromatic heterocycles. The van der Waals surface area contributed by atoms with Gasteiger partial charge in [-0.3, -0.25) is 4.79 Å². The highest BCUT2D eigenvalue weighted by molar-refractivity contribution is 6.31. The normalized spacial score (nSPS) is 18.5. The van der Waals surface area contributed by atoms with Gasteiger partial charge in [0.1, 0.15) is 24.4 Å². The summed E-state index contributed by atoms with van der Waals surface area (Å²) in [4.78, 5) is 41.8. The molecule has 2 atom stereocenters. The first kappa shape index (κ1) is 36.5. The molecule has 2 aliphatic rings. The highest BCUT2D eigenvalue weighted by Crippen LogP contribution is 2.42. The second-order valence-electron chi connectivity index (χ2n) is 15.6. The lowest BCUT2D eigenvalue weighted by molar-refractivity contribution is 0.0145. The fourth-order valence-corrected chi connectivity index (χ4v) is 6.55. The van der Waals surface area contributed by atoms with E-state index in [2.05, 4.69) is 20.8 Å². The Hall–Kier alpha value is -3.77. The van der Waals surface area contributed by atoms with Crippen LogP contribution in [-0.2, 0) is 20.5 Å². The number of carbonyl (C=O) groups excluding carboxylic acids is 2. The first-order valence-electron chi connectivity index (χ1n) is 16.7. The Kier molecular flexibility index (Phi) is 10.3. The number of esters is 1. The Morgan fingerprint density at radius 2 is 1.67 bits per heavy atom. The van der Waals surface area contributed by atoms with Gasteiger partial charge in [0.15, 0.2) is 11.6 Å². The number of carbonyl (C=O) groups is 2. The number of halogens is 2. The van der Waals surface area contributed by atoms with Crippen LogP contribution in [0.3, 0.4) is 0 Å². The van der Waals surface area contributed by atoms with Gasteiger partial charge in [0.05, 0.1) is 22.5 Å². The van der Waals surface area contributed by atoms with Crippen LogP contribution in [0.25, 0.3) is 10.9 Å². The number of hydrogen-bond donors (Lipinski definition) is 0. The van der Waals surface area contributed by atoms with Crippen molar-refractivity contribution in [2.24, 2.45) is 5.92 Å². The van der Waals surface area contributed by atoms with Gasteiger partial charge in [-0.15, -0.1) is 0 Å². The monoisotopic (exact) mass is 696 g/mol. The van der Waals surface area contributed by atoms with Crippen LogP contribution in [0, 0.1) is 17.6 Å². The predicted octanol–water partition coefficient (Wildman–Crippen LogP) is 7.61. The summed E-state index contributed by atoms with van der Waals surface area (Å²) in [7, 11) is 0.221. The molecule has 1 unspecified atom stereocenters. The van der Waals surface area contributed by atoms with Crippen molar-refractivity contribution in [2.75, 3.05) is 13.2 Å². The number of amides is 1. The molecule has 2 aromatic carbocycles. The van der Waals surface area contributed by atoms with Crippen LogP contribution in [0.1, 0.15) is 96.6 Å². The number of likely N-dealkylation sites (tertiary alicyclic amines) is 1. The van der Waals surface area contributed by atoms with E-state index in [4.69, 9.17) is 18.6 Å². The highest BCUT2D eigenvalue weighted by Gasteiger charge is 2.45. The van der Waals surface area contributed by atoms with Crippen molar-refractivity contribution in [1.82, 2.24) is 9.47 Å². The van der Waals surface area contributed by atoms with Gasteiger partial charge in [0.25, 0.3) is 0 Å². The van der Waals surface area contributed by atoms with Gasteiger partial charge in [0, 0.05) is 24.7 Å². The molecule has 9 nitrogen and oxygen atoms in total. The third-order valence-corrected chi connectivity index (χ3v) is 9.85. The number of nitrogens with zero attached hydrogens (tertiary/aromatic N) is 2. The Bertz CT molecular complexity index is 1760. The van der Waals surface area contributed by atoms with Crippen LogP contribution >= 0.6 is 0 Å². The fraction of sp³-hybridized carbons (Fsp3) is 0.541. The molecule has 1 saturated heterocycles. The van der Waals surface area contributed by atoms with E-state index in [1.165, 1.54) is 6.20 Å². The predicted molar refractivity (Wildman–Crippen MR) is 183 cm³/mol. The minimum absolute atomic E-state index is 0.0466. The Morgan fingerprint density at radius 1 is 1.00 bits per heavy atom. The number of fused-ring (bicyclic) bond motifs is 1. The van der Waals surface area contributed by atoms with Gasteiger partial charge in [0.2, 0.25) is 21.0 Å². The highest BCUT2D eigenvalue weighted by atomic mass is 28.2. The van der Waals surface area contributed by atoms with Crippen molar-refractivity contribution in [3.63, 3.8) is 0 Å². The summed E-state index contributed by atoms with van der Waals surface area (Å²) in [5, 5.41) is -0.240. The maximum absolute atomic E-state index is 15.7. The molecule has 49 heavy (non-hydrogen) atoms. The molecule has 0 bridgehead atoms. The number of rotatable bonds is 10. The molecule has 1 aliphatic carbocycles. The molecule has 5 rings (SSSR count). The van der Waals surface area contributed by atoms with Crippen LogP contribution in [0.15, 0.2) is 47.4 Å². The largest absolute Gasteiger partial charge is 0.486 e. The quantitative estimate of drug-likeness (QED) is 0.159. The van der Waals surface area contributed by atoms with Crippen LogP contribution in [-0.4, -0.2) is 61.7 Å². The summed E-state index contributed by atoms with van der Waals surface area (Å²) < 4.78 is 56.1. The van der Waals surface area contributed by atoms with Crippen molar-refractivity contribution >= 4 is 32.7 Å². The van der Waals surface area contributed by atoms with Gasteiger partial charge >= 0.3 is 12.1 Å². The molecule has 0 spiro atoms. The number of aromatic nitrogens is 1. The molecular weight excluding hydrogens is 650 g/mol. The summed E-state index contributed by atoms with van der Waals surface area (Å²) in [6, 6.07) is 9.11. The van der Waals surface area contributed by atoms with Crippen molar-refractivity contribution in [2.45, 2.75) is 110 Å². The number of benzene rings is 2. The molecule has 12 heteroatoms. The average Bonchev–Trinajstić information content (AvgIpc) is 3.76. The van der Waals surface area contributed by atoms with E-state index in [1.54, 1.807) is 54.5 Å². The maximum Gasteiger partial charge on any atom is 0.410 e. The summed E-state index contributed by atoms with van der Waals surface area (Å²) >= 11 is 0. The van der Waals surface area contributed by atoms with Crippen LogP contribution in [0.4, 0.5) is 13.6 Å². The van der Waals surface area contributed by atoms with Crippen LogP contribution in [0.5, 0.6) is 5.75 Å². The van der Waals surface area contributed by atoms with Gasteiger partial charge in [-0.1, -0.05) is 51.1 Å². The summed E-state index contributed by atoms with van der Waals surface area (Å²) in [5.74, 6) is -3.96. The maximum atomic E-state index is 15.7. The van der Waals surface area contributed by atoms with Gasteiger partial charge in [-0.05, 0) is 70.5 Å². The minimum Gasteiger partial charge on any atom is -0.486 e. The average molecular weight is 697 g/mol. The Balaban J connectivity index is 1.47. The summed E-state index contributed by atoms with van der Waals surface area (Å²) in [6.45, 7) is 15.7. The summed E-state index contributed by atoms with van der Waals surface area (Å²) in [5.41, 5.74) is -1.63. The van der Waals surface area contributed by atoms with E-state index in [9.17, 15) is 14.4 Å². The molecule has 2 heterocycles. The smallest absolute Gasteiger partial charge is 0.410 e. The lowest BCUT2D eigenvalue weighted by Gasteiger charge is -2.34. The van der Waals surface area contributed by atoms with E-state index in [-0.39, 0.29) is 56.4 Å². The van der Waals surface area contributed by atoms with Crippen molar-refractivity contribution in [1.29, 1.82) is 0 Å². The SMILES string of the molecule is CC(C)(C)OC(=O)N1CC(C(C)(C)O[Si]C(C)(C)C)C[C@H]1COc1c(F)c(F)cc2c(=O)c(C(=O)OCc3ccccc3)cn(C3CC3)c12. The second kappa shape index (κ2) is 13.9. The molecule has 3 aromatic rings. The fourth-order valence-electron chi connectivity index (χ4n) is 5.82. The van der Waals surface area contributed by atoms with Crippen molar-refractivity contribution in [3.8, 4) is 5.75 Å². The van der Waals surface area contributed by atoms with Crippen LogP contribution < -0.4 is 10.2 Å². The lowest BCUT2D eigenvalue weighted by Crippen LogP contribution is -2.43. The molecule has 1 aliphatic heterocycles. The first-order chi connectivity index (χ1) is 22.8. The lowest BCUT2D eigenvalue weighted by atomic mass is 9.89. The van der Waals surface area contributed by atoms with Gasteiger partial charge < -0.3 is 28.1 Å². The van der Waals surface area contributed by atoms with Gasteiger partial charge in [-0.2, -0.15) is 4.39 Å². The van der Waals surface area contributed by atoms with Crippen molar-refractivity contribution in [3.05, 3.63) is 75.6 Å². The molecule has 2 radical (unpaired) electrons. The third kappa shape index (κ3) is 8.70. The topological polar surface area (TPSA) is 96.3 Å². The second-order valence-corrected chi connectivity index (χ2v) is 17.5. The van der Waals surface area contributed by atoms with Crippen LogP contribution in [0.2, 0.25) is 5.04 Å². The van der Waals surface area contributed by atoms with E-state index >= 15 is 8.78 Å². The standard InChI is InChI=1S/C37H46F2N2O7Si/c1-35(2,3)47-34(44)41-18-23(37(7,8)48-49-36(4,5)6)16-25(41)21-45-32-29(39)28(38)17-26-30(32)40(24-14-15-24)19-27(31(26)42)33(43)46-20-22-12-10-9-11-13-22/h9-13,17,19,23-25H,14-16,18,20-21H2,1-8H3/t23?,25-/m0/s1. The van der Waals surface area contributed by atoms with E-state index in [0.29, 0.717) is 13.0 Å². The zero-order chi connectivity index (χ0) is 35.9. The van der Waals surface area contributed by atoms with E-state index in [0.717, 1.165) is 24.5 Å². The molecule has 264 valence electrons. The zero-order valence-corrected chi connectivity index (χ0v) is 30.5. The number of hydrogen-bond acceptors (Lipinski definition) is 7. The first-order valence-corrected chi connectivity index (χ1v) is 17.6. The molecule has 0 N–H and O–H groups in total. The zero-order valence-electron chi connectivity index (χ0n) is 29.5. The molecule has 1 saturated carbocycles. The number of pyridine rings is 1. The Morgan fingerprint density at radius 3 is 2.29 bits per heavy atom. The minimum atomic E-state index is -1.29.